The number of rotatable bonds is 2. The van der Waals surface area contributed by atoms with Crippen LogP contribution in [0.3, 0.4) is 0 Å². The van der Waals surface area contributed by atoms with E-state index in [0.717, 1.165) is 18.6 Å². The molecule has 3 nitrogen and oxygen atoms in total. The highest BCUT2D eigenvalue weighted by atomic mass is 16.5. The molecule has 0 aromatic heterocycles. The van der Waals surface area contributed by atoms with Crippen LogP contribution in [0.1, 0.15) is 26.2 Å². The van der Waals surface area contributed by atoms with Gasteiger partial charge in [0.15, 0.2) is 0 Å². The van der Waals surface area contributed by atoms with Crippen LogP contribution in [0.25, 0.3) is 0 Å². The van der Waals surface area contributed by atoms with Crippen molar-refractivity contribution in [3.05, 3.63) is 24.0 Å². The number of carbonyl (C=O) groups is 1. The Labute approximate surface area is 78.7 Å². The Kier molecular flexibility index (Phi) is 6.69. The Bertz CT molecular complexity index is 204. The number of ether oxygens (including phenoxy) is 1. The Morgan fingerprint density at radius 1 is 1.62 bits per heavy atom. The van der Waals surface area contributed by atoms with Gasteiger partial charge in [-0.05, 0) is 25.0 Å². The summed E-state index contributed by atoms with van der Waals surface area (Å²) in [6.07, 6.45) is 8.73. The summed E-state index contributed by atoms with van der Waals surface area (Å²) in [4.78, 5) is 9.37. The van der Waals surface area contributed by atoms with E-state index in [1.165, 1.54) is 0 Å². The number of aliphatic carboxylic acids is 1. The van der Waals surface area contributed by atoms with E-state index in [1.54, 1.807) is 14.0 Å². The molecule has 0 saturated carbocycles. The maximum atomic E-state index is 9.37. The Morgan fingerprint density at radius 3 is 2.46 bits per heavy atom. The first kappa shape index (κ1) is 11.8. The monoisotopic (exact) mass is 184 g/mol. The molecule has 0 aromatic carbocycles. The van der Waals surface area contributed by atoms with Gasteiger partial charge in [0.2, 0.25) is 0 Å². The third kappa shape index (κ3) is 7.12. The van der Waals surface area contributed by atoms with E-state index >= 15 is 0 Å². The standard InChI is InChI=1S/C7H10O.C3H6O2/c1-8-7-5-3-2-4-6-7;1-2-3(4)5/h3,5-6H,2,4H2,1H3;2H2,1H3,(H,4,5). The molecule has 0 amide bonds. The summed E-state index contributed by atoms with van der Waals surface area (Å²) in [7, 11) is 1.70. The number of hydrogen-bond donors (Lipinski definition) is 1. The first-order valence-corrected chi connectivity index (χ1v) is 4.33. The number of hydrogen-bond acceptors (Lipinski definition) is 2. The summed E-state index contributed by atoms with van der Waals surface area (Å²) >= 11 is 0. The fraction of sp³-hybridized carbons (Fsp3) is 0.500. The third-order valence-corrected chi connectivity index (χ3v) is 1.50. The van der Waals surface area contributed by atoms with E-state index in [4.69, 9.17) is 9.84 Å². The Morgan fingerprint density at radius 2 is 2.23 bits per heavy atom. The molecule has 3 heteroatoms. The molecule has 0 atom stereocenters. The second-order valence-electron chi connectivity index (χ2n) is 2.54. The summed E-state index contributed by atoms with van der Waals surface area (Å²) < 4.78 is 4.97. The number of carboxylic acid groups (broad SMARTS) is 1. The molecule has 1 aliphatic carbocycles. The van der Waals surface area contributed by atoms with Gasteiger partial charge < -0.3 is 9.84 Å². The molecule has 0 radical (unpaired) electrons. The number of methoxy groups -OCH3 is 1. The van der Waals surface area contributed by atoms with Crippen LogP contribution in [-0.4, -0.2) is 18.2 Å². The van der Waals surface area contributed by atoms with Crippen molar-refractivity contribution >= 4 is 5.97 Å². The molecule has 0 spiro atoms. The molecule has 0 unspecified atom stereocenters. The van der Waals surface area contributed by atoms with Crippen LogP contribution in [0.4, 0.5) is 0 Å². The first-order valence-electron chi connectivity index (χ1n) is 4.33. The summed E-state index contributed by atoms with van der Waals surface area (Å²) in [5, 5.41) is 7.72. The Hall–Kier alpha value is -1.25. The van der Waals surface area contributed by atoms with Crippen LogP contribution in [0.2, 0.25) is 0 Å². The first-order chi connectivity index (χ1) is 6.20. The minimum Gasteiger partial charge on any atom is -0.497 e. The van der Waals surface area contributed by atoms with Crippen molar-refractivity contribution in [3.8, 4) is 0 Å². The van der Waals surface area contributed by atoms with Crippen molar-refractivity contribution in [3.63, 3.8) is 0 Å². The summed E-state index contributed by atoms with van der Waals surface area (Å²) in [5.74, 6) is 0.251. The maximum Gasteiger partial charge on any atom is 0.303 e. The van der Waals surface area contributed by atoms with Crippen LogP contribution < -0.4 is 0 Å². The molecule has 0 bridgehead atoms. The van der Waals surface area contributed by atoms with Crippen LogP contribution in [-0.2, 0) is 9.53 Å². The highest BCUT2D eigenvalue weighted by Crippen LogP contribution is 2.08. The van der Waals surface area contributed by atoms with Crippen LogP contribution in [0.15, 0.2) is 24.0 Å². The topological polar surface area (TPSA) is 46.5 Å². The molecular formula is C10H16O3. The lowest BCUT2D eigenvalue weighted by atomic mass is 10.2. The van der Waals surface area contributed by atoms with Gasteiger partial charge in [-0.3, -0.25) is 4.79 Å². The van der Waals surface area contributed by atoms with Gasteiger partial charge in [0.25, 0.3) is 0 Å². The van der Waals surface area contributed by atoms with Gasteiger partial charge in [-0.15, -0.1) is 0 Å². The number of allylic oxidation sites excluding steroid dienone is 3. The second-order valence-corrected chi connectivity index (χ2v) is 2.54. The maximum absolute atomic E-state index is 9.37. The zero-order valence-corrected chi connectivity index (χ0v) is 8.12. The minimum atomic E-state index is -0.745. The smallest absolute Gasteiger partial charge is 0.303 e. The minimum absolute atomic E-state index is 0.222. The molecule has 74 valence electrons. The van der Waals surface area contributed by atoms with E-state index in [0.29, 0.717) is 0 Å². The normalized spacial score (nSPS) is 13.8. The average Bonchev–Trinajstić information content (AvgIpc) is 2.20. The molecule has 0 fully saturated rings. The molecule has 0 saturated heterocycles. The van der Waals surface area contributed by atoms with Gasteiger partial charge in [-0.25, -0.2) is 0 Å². The van der Waals surface area contributed by atoms with Gasteiger partial charge in [0.05, 0.1) is 7.11 Å². The highest BCUT2D eigenvalue weighted by molar-refractivity contribution is 5.66. The lowest BCUT2D eigenvalue weighted by molar-refractivity contribution is -0.136. The summed E-state index contributed by atoms with van der Waals surface area (Å²) in [6, 6.07) is 0. The van der Waals surface area contributed by atoms with Crippen LogP contribution >= 0.6 is 0 Å². The van der Waals surface area contributed by atoms with Gasteiger partial charge in [-0.1, -0.05) is 13.0 Å². The van der Waals surface area contributed by atoms with Crippen molar-refractivity contribution in [1.29, 1.82) is 0 Å². The predicted octanol–water partition coefficient (Wildman–Crippen LogP) is 2.35. The van der Waals surface area contributed by atoms with E-state index in [1.807, 2.05) is 6.08 Å². The molecule has 13 heavy (non-hydrogen) atoms. The lowest BCUT2D eigenvalue weighted by Gasteiger charge is -2.02. The van der Waals surface area contributed by atoms with E-state index in [2.05, 4.69) is 12.2 Å². The summed E-state index contributed by atoms with van der Waals surface area (Å²) in [6.45, 7) is 1.60. The molecule has 1 N–H and O–H groups in total. The van der Waals surface area contributed by atoms with Gasteiger partial charge >= 0.3 is 5.97 Å². The zero-order valence-electron chi connectivity index (χ0n) is 8.12. The van der Waals surface area contributed by atoms with Crippen molar-refractivity contribution in [2.75, 3.05) is 7.11 Å². The fourth-order valence-electron chi connectivity index (χ4n) is 0.741. The molecule has 0 aliphatic heterocycles. The lowest BCUT2D eigenvalue weighted by Crippen LogP contribution is -1.86. The quantitative estimate of drug-likeness (QED) is 0.716. The van der Waals surface area contributed by atoms with Crippen molar-refractivity contribution in [1.82, 2.24) is 0 Å². The van der Waals surface area contributed by atoms with Gasteiger partial charge in [-0.2, -0.15) is 0 Å². The second kappa shape index (κ2) is 7.40. The largest absolute Gasteiger partial charge is 0.497 e. The molecule has 0 aromatic rings. The van der Waals surface area contributed by atoms with E-state index in [9.17, 15) is 4.79 Å². The Balaban J connectivity index is 0.000000252. The molecule has 1 aliphatic rings. The number of carboxylic acids is 1. The van der Waals surface area contributed by atoms with Crippen molar-refractivity contribution in [2.45, 2.75) is 26.2 Å². The highest BCUT2D eigenvalue weighted by Gasteiger charge is 1.92. The van der Waals surface area contributed by atoms with Crippen LogP contribution in [0, 0.1) is 0 Å². The van der Waals surface area contributed by atoms with Crippen molar-refractivity contribution in [2.24, 2.45) is 0 Å². The van der Waals surface area contributed by atoms with Gasteiger partial charge in [0.1, 0.15) is 5.76 Å². The van der Waals surface area contributed by atoms with E-state index in [-0.39, 0.29) is 6.42 Å². The molecule has 0 heterocycles. The molecule has 1 rings (SSSR count). The predicted molar refractivity (Wildman–Crippen MR) is 51.4 cm³/mol. The SMILES string of the molecule is CCC(=O)O.COC1=CCCC=C1. The van der Waals surface area contributed by atoms with Gasteiger partial charge in [0, 0.05) is 6.42 Å². The average molecular weight is 184 g/mol. The fourth-order valence-corrected chi connectivity index (χ4v) is 0.741. The molecular weight excluding hydrogens is 168 g/mol. The van der Waals surface area contributed by atoms with Crippen molar-refractivity contribution < 1.29 is 14.6 Å². The van der Waals surface area contributed by atoms with Crippen LogP contribution in [0.5, 0.6) is 0 Å². The summed E-state index contributed by atoms with van der Waals surface area (Å²) in [5.41, 5.74) is 0. The zero-order chi connectivity index (χ0) is 10.1. The third-order valence-electron chi connectivity index (χ3n) is 1.50. The van der Waals surface area contributed by atoms with E-state index < -0.39 is 5.97 Å².